The normalized spacial score (nSPS) is 11.7. The lowest BCUT2D eigenvalue weighted by atomic mass is 10.1. The summed E-state index contributed by atoms with van der Waals surface area (Å²) in [6, 6.07) is 22.6. The highest BCUT2D eigenvalue weighted by Crippen LogP contribution is 2.21. The molecule has 0 heterocycles. The van der Waals surface area contributed by atoms with Gasteiger partial charge in [-0.25, -0.2) is 13.8 Å². The molecule has 0 spiro atoms. The smallest absolute Gasteiger partial charge is 0.255 e. The molecular weight excluding hydrogens is 434 g/mol. The molecule has 0 bridgehead atoms. The summed E-state index contributed by atoms with van der Waals surface area (Å²) in [4.78, 5) is 12.6. The number of halogens is 1. The number of aryl methyl sites for hydroxylation is 1. The minimum absolute atomic E-state index is 0.0491. The average molecular weight is 456 g/mol. The fourth-order valence-corrected chi connectivity index (χ4v) is 4.37. The number of hydrogen-bond acceptors (Lipinski definition) is 4. The van der Waals surface area contributed by atoms with Crippen molar-refractivity contribution in [2.75, 3.05) is 6.54 Å². The number of amides is 1. The van der Waals surface area contributed by atoms with Crippen molar-refractivity contribution in [1.29, 1.82) is 0 Å². The number of benzene rings is 3. The monoisotopic (exact) mass is 455 g/mol. The molecule has 160 valence electrons. The highest BCUT2D eigenvalue weighted by Gasteiger charge is 2.27. The van der Waals surface area contributed by atoms with E-state index in [2.05, 4.69) is 10.5 Å². The first-order valence-corrected chi connectivity index (χ1v) is 11.4. The van der Waals surface area contributed by atoms with Gasteiger partial charge in [-0.15, -0.1) is 0 Å². The van der Waals surface area contributed by atoms with Crippen LogP contribution in [-0.2, 0) is 21.4 Å². The summed E-state index contributed by atoms with van der Waals surface area (Å²) in [5.41, 5.74) is 4.95. The van der Waals surface area contributed by atoms with Crippen LogP contribution in [0.15, 0.2) is 88.9 Å². The van der Waals surface area contributed by atoms with Crippen molar-refractivity contribution in [1.82, 2.24) is 9.73 Å². The van der Waals surface area contributed by atoms with Gasteiger partial charge in [0.25, 0.3) is 5.91 Å². The SMILES string of the molecule is Cc1ccccc1CN(CC(=O)N/N=C\c1ccccc1)S(=O)(=O)c1ccc(Cl)cc1. The fraction of sp³-hybridized carbons (Fsp3) is 0.130. The van der Waals surface area contributed by atoms with Gasteiger partial charge in [0.1, 0.15) is 0 Å². The molecule has 0 unspecified atom stereocenters. The van der Waals surface area contributed by atoms with E-state index in [1.165, 1.54) is 30.5 Å². The number of carbonyl (C=O) groups excluding carboxylic acids is 1. The van der Waals surface area contributed by atoms with Gasteiger partial charge in [0.15, 0.2) is 0 Å². The van der Waals surface area contributed by atoms with Gasteiger partial charge in [0.05, 0.1) is 17.7 Å². The molecule has 0 atom stereocenters. The van der Waals surface area contributed by atoms with E-state index in [1.807, 2.05) is 61.5 Å². The van der Waals surface area contributed by atoms with Gasteiger partial charge in [-0.2, -0.15) is 9.41 Å². The summed E-state index contributed by atoms with van der Waals surface area (Å²) in [6.45, 7) is 1.56. The van der Waals surface area contributed by atoms with Gasteiger partial charge in [-0.05, 0) is 47.9 Å². The van der Waals surface area contributed by atoms with E-state index in [0.717, 1.165) is 21.0 Å². The van der Waals surface area contributed by atoms with Crippen molar-refractivity contribution in [2.45, 2.75) is 18.4 Å². The maximum Gasteiger partial charge on any atom is 0.255 e. The highest BCUT2D eigenvalue weighted by atomic mass is 35.5. The van der Waals surface area contributed by atoms with Gasteiger partial charge in [-0.1, -0.05) is 66.2 Å². The largest absolute Gasteiger partial charge is 0.272 e. The Balaban J connectivity index is 1.81. The van der Waals surface area contributed by atoms with Crippen molar-refractivity contribution < 1.29 is 13.2 Å². The van der Waals surface area contributed by atoms with Crippen LogP contribution in [0.3, 0.4) is 0 Å². The molecule has 3 aromatic carbocycles. The minimum Gasteiger partial charge on any atom is -0.272 e. The second kappa shape index (κ2) is 10.3. The van der Waals surface area contributed by atoms with E-state index in [9.17, 15) is 13.2 Å². The average Bonchev–Trinajstić information content (AvgIpc) is 2.76. The lowest BCUT2D eigenvalue weighted by molar-refractivity contribution is -0.121. The summed E-state index contributed by atoms with van der Waals surface area (Å²) >= 11 is 5.90. The predicted molar refractivity (Wildman–Crippen MR) is 122 cm³/mol. The van der Waals surface area contributed by atoms with Gasteiger partial charge in [0, 0.05) is 11.6 Å². The van der Waals surface area contributed by atoms with Crippen LogP contribution in [-0.4, -0.2) is 31.4 Å². The molecule has 3 aromatic rings. The molecule has 0 radical (unpaired) electrons. The van der Waals surface area contributed by atoms with E-state index < -0.39 is 15.9 Å². The van der Waals surface area contributed by atoms with Crippen LogP contribution in [0.5, 0.6) is 0 Å². The molecule has 6 nitrogen and oxygen atoms in total. The van der Waals surface area contributed by atoms with Crippen molar-refractivity contribution in [3.8, 4) is 0 Å². The highest BCUT2D eigenvalue weighted by molar-refractivity contribution is 7.89. The third kappa shape index (κ3) is 6.24. The second-order valence-corrected chi connectivity index (χ2v) is 9.23. The summed E-state index contributed by atoms with van der Waals surface area (Å²) < 4.78 is 27.6. The molecule has 1 amide bonds. The van der Waals surface area contributed by atoms with E-state index in [4.69, 9.17) is 11.6 Å². The number of nitrogens with zero attached hydrogens (tertiary/aromatic N) is 2. The number of hydrogen-bond donors (Lipinski definition) is 1. The number of rotatable bonds is 8. The summed E-state index contributed by atoms with van der Waals surface area (Å²) in [5.74, 6) is -0.543. The quantitative estimate of drug-likeness (QED) is 0.412. The first kappa shape index (κ1) is 22.7. The maximum absolute atomic E-state index is 13.3. The molecular formula is C23H22ClN3O3S. The first-order chi connectivity index (χ1) is 14.9. The van der Waals surface area contributed by atoms with Crippen LogP contribution in [0.2, 0.25) is 5.02 Å². The van der Waals surface area contributed by atoms with Gasteiger partial charge in [0.2, 0.25) is 10.0 Å². The minimum atomic E-state index is -3.94. The van der Waals surface area contributed by atoms with E-state index in [-0.39, 0.29) is 18.0 Å². The zero-order valence-electron chi connectivity index (χ0n) is 16.9. The summed E-state index contributed by atoms with van der Waals surface area (Å²) in [6.07, 6.45) is 1.50. The molecule has 0 aliphatic heterocycles. The van der Waals surface area contributed by atoms with Gasteiger partial charge < -0.3 is 0 Å². The van der Waals surface area contributed by atoms with Crippen molar-refractivity contribution in [3.05, 3.63) is 101 Å². The van der Waals surface area contributed by atoms with E-state index in [1.54, 1.807) is 0 Å². The van der Waals surface area contributed by atoms with Crippen LogP contribution >= 0.6 is 11.6 Å². The van der Waals surface area contributed by atoms with Crippen LogP contribution < -0.4 is 5.43 Å². The molecule has 0 aromatic heterocycles. The third-order valence-corrected chi connectivity index (χ3v) is 6.64. The lowest BCUT2D eigenvalue weighted by Gasteiger charge is -2.22. The summed E-state index contributed by atoms with van der Waals surface area (Å²) in [7, 11) is -3.94. The third-order valence-electron chi connectivity index (χ3n) is 4.58. The molecule has 0 aliphatic rings. The summed E-state index contributed by atoms with van der Waals surface area (Å²) in [5, 5.41) is 4.35. The van der Waals surface area contributed by atoms with Crippen LogP contribution in [0.4, 0.5) is 0 Å². The zero-order chi connectivity index (χ0) is 22.3. The van der Waals surface area contributed by atoms with Crippen LogP contribution in [0.1, 0.15) is 16.7 Å². The Labute approximate surface area is 187 Å². The first-order valence-electron chi connectivity index (χ1n) is 9.53. The van der Waals surface area contributed by atoms with Crippen LogP contribution in [0.25, 0.3) is 0 Å². The Morgan fingerprint density at radius 1 is 1.00 bits per heavy atom. The molecule has 8 heteroatoms. The standard InChI is InChI=1S/C23H22ClN3O3S/c1-18-7-5-6-10-20(18)16-27(31(29,30)22-13-11-21(24)12-14-22)17-23(28)26-25-15-19-8-3-2-4-9-19/h2-15H,16-17H2,1H3,(H,26,28)/b25-15-. The van der Waals surface area contributed by atoms with Crippen LogP contribution in [0, 0.1) is 6.92 Å². The molecule has 31 heavy (non-hydrogen) atoms. The molecule has 3 rings (SSSR count). The lowest BCUT2D eigenvalue weighted by Crippen LogP contribution is -2.39. The Morgan fingerprint density at radius 2 is 1.65 bits per heavy atom. The van der Waals surface area contributed by atoms with Gasteiger partial charge >= 0.3 is 0 Å². The molecule has 0 saturated heterocycles. The van der Waals surface area contributed by atoms with E-state index >= 15 is 0 Å². The second-order valence-electron chi connectivity index (χ2n) is 6.86. The number of hydrazone groups is 1. The van der Waals surface area contributed by atoms with Gasteiger partial charge in [-0.3, -0.25) is 4.79 Å². The number of sulfonamides is 1. The van der Waals surface area contributed by atoms with E-state index in [0.29, 0.717) is 5.02 Å². The van der Waals surface area contributed by atoms with Crippen molar-refractivity contribution in [3.63, 3.8) is 0 Å². The maximum atomic E-state index is 13.3. The Morgan fingerprint density at radius 3 is 2.32 bits per heavy atom. The molecule has 1 N–H and O–H groups in total. The fourth-order valence-electron chi connectivity index (χ4n) is 2.87. The van der Waals surface area contributed by atoms with Crippen molar-refractivity contribution >= 4 is 33.7 Å². The van der Waals surface area contributed by atoms with Crippen molar-refractivity contribution in [2.24, 2.45) is 5.10 Å². The predicted octanol–water partition coefficient (Wildman–Crippen LogP) is 3.99. The number of carbonyl (C=O) groups is 1. The number of nitrogens with one attached hydrogen (secondary N) is 1. The Hall–Kier alpha value is -3.00. The Kier molecular flexibility index (Phi) is 7.57. The molecule has 0 saturated carbocycles. The molecule has 0 fully saturated rings. The topological polar surface area (TPSA) is 78.8 Å². The molecule has 0 aliphatic carbocycles. The zero-order valence-corrected chi connectivity index (χ0v) is 18.5. The Bertz CT molecular complexity index is 1160.